The number of nitrogens with zero attached hydrogens (tertiary/aromatic N) is 2. The minimum Gasteiger partial charge on any atom is -0.379 e. The smallest absolute Gasteiger partial charge is 0.222 e. The summed E-state index contributed by atoms with van der Waals surface area (Å²) >= 11 is 0. The van der Waals surface area contributed by atoms with Crippen LogP contribution in [-0.2, 0) is 17.9 Å². The highest BCUT2D eigenvalue weighted by molar-refractivity contribution is 5.79. The third-order valence-electron chi connectivity index (χ3n) is 5.56. The number of aromatic nitrogens is 1. The second-order valence-electron chi connectivity index (χ2n) is 7.51. The summed E-state index contributed by atoms with van der Waals surface area (Å²) in [6, 6.07) is 12.4. The molecule has 1 aromatic heterocycles. The Kier molecular flexibility index (Phi) is 4.89. The van der Waals surface area contributed by atoms with Gasteiger partial charge in [-0.1, -0.05) is 24.3 Å². The van der Waals surface area contributed by atoms with Gasteiger partial charge in [-0.15, -0.1) is 0 Å². The zero-order valence-corrected chi connectivity index (χ0v) is 15.1. The van der Waals surface area contributed by atoms with Crippen molar-refractivity contribution < 1.29 is 4.79 Å². The highest BCUT2D eigenvalue weighted by Crippen LogP contribution is 2.33. The summed E-state index contributed by atoms with van der Waals surface area (Å²) in [6.45, 7) is 3.57. The number of para-hydroxylation sites is 1. The maximum atomic E-state index is 12.4. The van der Waals surface area contributed by atoms with E-state index in [-0.39, 0.29) is 11.4 Å². The molecule has 2 aliphatic rings. The molecule has 2 N–H and O–H groups in total. The van der Waals surface area contributed by atoms with Gasteiger partial charge >= 0.3 is 0 Å². The lowest BCUT2D eigenvalue weighted by Crippen LogP contribution is -2.46. The van der Waals surface area contributed by atoms with Crippen LogP contribution >= 0.6 is 0 Å². The van der Waals surface area contributed by atoms with Gasteiger partial charge in [0.15, 0.2) is 0 Å². The van der Waals surface area contributed by atoms with Crippen LogP contribution in [0.25, 0.3) is 0 Å². The minimum atomic E-state index is -0.162. The molecule has 136 valence electrons. The van der Waals surface area contributed by atoms with E-state index in [4.69, 9.17) is 0 Å². The first-order valence-electron chi connectivity index (χ1n) is 9.47. The Morgan fingerprint density at radius 1 is 1.12 bits per heavy atom. The van der Waals surface area contributed by atoms with E-state index in [0.717, 1.165) is 50.1 Å². The van der Waals surface area contributed by atoms with E-state index in [1.807, 2.05) is 24.5 Å². The Bertz CT molecular complexity index is 764. The van der Waals surface area contributed by atoms with Crippen LogP contribution in [0, 0.1) is 0 Å². The quantitative estimate of drug-likeness (QED) is 0.874. The van der Waals surface area contributed by atoms with E-state index >= 15 is 0 Å². The normalized spacial score (nSPS) is 23.9. The van der Waals surface area contributed by atoms with Gasteiger partial charge in [-0.05, 0) is 49.1 Å². The van der Waals surface area contributed by atoms with E-state index in [2.05, 4.69) is 44.8 Å². The number of nitrogens with one attached hydrogen (secondary N) is 2. The van der Waals surface area contributed by atoms with Crippen LogP contribution in [0.1, 0.15) is 36.8 Å². The molecule has 1 amide bonds. The third-order valence-corrected chi connectivity index (χ3v) is 5.56. The fraction of sp³-hybridized carbons (Fsp3) is 0.429. The zero-order chi connectivity index (χ0) is 17.8. The lowest BCUT2D eigenvalue weighted by Gasteiger charge is -2.37. The molecule has 1 fully saturated rings. The molecule has 5 heteroatoms. The molecule has 26 heavy (non-hydrogen) atoms. The van der Waals surface area contributed by atoms with E-state index in [9.17, 15) is 4.79 Å². The fourth-order valence-corrected chi connectivity index (χ4v) is 4.15. The molecular formula is C21H26N4O. The van der Waals surface area contributed by atoms with E-state index < -0.39 is 0 Å². The van der Waals surface area contributed by atoms with Gasteiger partial charge in [0.1, 0.15) is 0 Å². The van der Waals surface area contributed by atoms with E-state index in [1.165, 1.54) is 5.56 Å². The maximum absolute atomic E-state index is 12.4. The number of carbonyl (C=O) groups excluding carboxylic acids is 1. The van der Waals surface area contributed by atoms with Crippen LogP contribution in [0.2, 0.25) is 0 Å². The van der Waals surface area contributed by atoms with Gasteiger partial charge in [-0.25, -0.2) is 0 Å². The van der Waals surface area contributed by atoms with Crippen molar-refractivity contribution in [3.8, 4) is 0 Å². The van der Waals surface area contributed by atoms with Gasteiger partial charge < -0.3 is 10.6 Å². The molecular weight excluding hydrogens is 324 g/mol. The monoisotopic (exact) mass is 350 g/mol. The molecule has 2 aliphatic heterocycles. The predicted octanol–water partition coefficient (Wildman–Crippen LogP) is 2.94. The highest BCUT2D eigenvalue weighted by atomic mass is 16.1. The number of amides is 1. The molecule has 1 spiro atoms. The predicted molar refractivity (Wildman–Crippen MR) is 103 cm³/mol. The summed E-state index contributed by atoms with van der Waals surface area (Å²) in [5.41, 5.74) is 3.41. The van der Waals surface area contributed by atoms with Crippen molar-refractivity contribution in [2.75, 3.05) is 18.4 Å². The first-order valence-corrected chi connectivity index (χ1v) is 9.47. The van der Waals surface area contributed by atoms with Crippen molar-refractivity contribution >= 4 is 11.6 Å². The van der Waals surface area contributed by atoms with Crippen molar-refractivity contribution in [2.45, 2.75) is 44.3 Å². The number of fused-ring (bicyclic) bond motifs is 1. The van der Waals surface area contributed by atoms with Crippen molar-refractivity contribution in [2.24, 2.45) is 0 Å². The molecule has 3 heterocycles. The number of hydrogen-bond donors (Lipinski definition) is 2. The molecule has 0 aliphatic carbocycles. The summed E-state index contributed by atoms with van der Waals surface area (Å²) in [5, 5.41) is 6.85. The molecule has 0 saturated carbocycles. The molecule has 4 rings (SSSR count). The number of anilines is 1. The summed E-state index contributed by atoms with van der Waals surface area (Å²) in [4.78, 5) is 19.1. The Hall–Kier alpha value is -2.40. The summed E-state index contributed by atoms with van der Waals surface area (Å²) in [7, 11) is 0. The Labute approximate surface area is 154 Å². The number of hydrogen-bond acceptors (Lipinski definition) is 4. The third kappa shape index (κ3) is 3.88. The molecule has 0 bridgehead atoms. The molecule has 2 aromatic rings. The van der Waals surface area contributed by atoms with Gasteiger partial charge in [0.2, 0.25) is 5.91 Å². The number of benzene rings is 1. The molecule has 1 atom stereocenters. The summed E-state index contributed by atoms with van der Waals surface area (Å²) in [5.74, 6) is 0.146. The number of carbonyl (C=O) groups is 1. The second kappa shape index (κ2) is 7.46. The fourth-order valence-electron chi connectivity index (χ4n) is 4.15. The molecule has 5 nitrogen and oxygen atoms in total. The van der Waals surface area contributed by atoms with E-state index in [1.54, 1.807) is 0 Å². The molecule has 1 saturated heterocycles. The van der Waals surface area contributed by atoms with Crippen LogP contribution in [-0.4, -0.2) is 34.4 Å². The average Bonchev–Trinajstić information content (AvgIpc) is 2.83. The van der Waals surface area contributed by atoms with Crippen LogP contribution in [0.15, 0.2) is 48.8 Å². The Balaban J connectivity index is 1.51. The van der Waals surface area contributed by atoms with Crippen molar-refractivity contribution in [3.63, 3.8) is 0 Å². The van der Waals surface area contributed by atoms with Crippen molar-refractivity contribution in [1.29, 1.82) is 0 Å². The lowest BCUT2D eigenvalue weighted by atomic mass is 9.85. The Morgan fingerprint density at radius 3 is 2.92 bits per heavy atom. The standard InChI is InChI=1S/C21H26N4O/c26-20-13-21(24-19-7-2-1-6-18(19)15-23-20)8-4-11-25(12-9-21)16-17-5-3-10-22-14-17/h1-3,5-7,10,14,24H,4,8-9,11-13,15-16H2,(H,23,26)/t21-/m1/s1. The first kappa shape index (κ1) is 17.0. The SMILES string of the molecule is O=C1C[C@]2(CCCN(Cc3cccnc3)CC2)Nc2ccccc2CN1. The van der Waals surface area contributed by atoms with Gasteiger partial charge in [0, 0.05) is 49.7 Å². The molecule has 0 radical (unpaired) electrons. The summed E-state index contributed by atoms with van der Waals surface area (Å²) in [6.07, 6.45) is 7.37. The van der Waals surface area contributed by atoms with Crippen LogP contribution in [0.4, 0.5) is 5.69 Å². The van der Waals surface area contributed by atoms with Gasteiger partial charge in [0.25, 0.3) is 0 Å². The van der Waals surface area contributed by atoms with E-state index in [0.29, 0.717) is 13.0 Å². The van der Waals surface area contributed by atoms with Crippen LogP contribution in [0.5, 0.6) is 0 Å². The molecule has 1 aromatic carbocycles. The Morgan fingerprint density at radius 2 is 2.04 bits per heavy atom. The van der Waals surface area contributed by atoms with Crippen LogP contribution in [0.3, 0.4) is 0 Å². The molecule has 0 unspecified atom stereocenters. The minimum absolute atomic E-state index is 0.146. The van der Waals surface area contributed by atoms with Gasteiger partial charge in [0.05, 0.1) is 0 Å². The lowest BCUT2D eigenvalue weighted by molar-refractivity contribution is -0.122. The first-order chi connectivity index (χ1) is 12.7. The average molecular weight is 350 g/mol. The van der Waals surface area contributed by atoms with Gasteiger partial charge in [-0.3, -0.25) is 14.7 Å². The highest BCUT2D eigenvalue weighted by Gasteiger charge is 2.36. The number of pyridine rings is 1. The number of likely N-dealkylation sites (tertiary alicyclic amines) is 1. The second-order valence-corrected chi connectivity index (χ2v) is 7.51. The number of rotatable bonds is 2. The topological polar surface area (TPSA) is 57.3 Å². The van der Waals surface area contributed by atoms with Crippen LogP contribution < -0.4 is 10.6 Å². The zero-order valence-electron chi connectivity index (χ0n) is 15.1. The van der Waals surface area contributed by atoms with Crippen molar-refractivity contribution in [1.82, 2.24) is 15.2 Å². The summed E-state index contributed by atoms with van der Waals surface area (Å²) < 4.78 is 0. The largest absolute Gasteiger partial charge is 0.379 e. The van der Waals surface area contributed by atoms with Crippen molar-refractivity contribution in [3.05, 3.63) is 59.9 Å². The van der Waals surface area contributed by atoms with Gasteiger partial charge in [-0.2, -0.15) is 0 Å². The maximum Gasteiger partial charge on any atom is 0.222 e.